The van der Waals surface area contributed by atoms with Crippen molar-refractivity contribution in [2.24, 2.45) is 10.1 Å². The third kappa shape index (κ3) is 5.72. The lowest BCUT2D eigenvalue weighted by atomic mass is 10.1. The van der Waals surface area contributed by atoms with Gasteiger partial charge in [-0.1, -0.05) is 24.3 Å². The molecular formula is C23H22N4O6S2. The topological polar surface area (TPSA) is 131 Å². The lowest BCUT2D eigenvalue weighted by Crippen LogP contribution is -2.35. The zero-order chi connectivity index (χ0) is 25.0. The molecule has 1 N–H and O–H groups in total. The van der Waals surface area contributed by atoms with E-state index in [0.29, 0.717) is 36.9 Å². The lowest BCUT2D eigenvalue weighted by Gasteiger charge is -2.20. The molecule has 2 aromatic carbocycles. The minimum Gasteiger partial charge on any atom is -0.490 e. The third-order valence-electron chi connectivity index (χ3n) is 4.68. The highest BCUT2D eigenvalue weighted by atomic mass is 32.3. The summed E-state index contributed by atoms with van der Waals surface area (Å²) in [5.41, 5.74) is 0.549. The highest BCUT2D eigenvalue weighted by molar-refractivity contribution is 8.42. The average Bonchev–Trinajstić information content (AvgIpc) is 3.26. The van der Waals surface area contributed by atoms with Crippen LogP contribution in [0.3, 0.4) is 0 Å². The molecule has 4 rings (SSSR count). The monoisotopic (exact) mass is 514 g/mol. The van der Waals surface area contributed by atoms with Gasteiger partial charge in [-0.3, -0.25) is 10.2 Å². The first-order valence-corrected chi connectivity index (χ1v) is 13.2. The van der Waals surface area contributed by atoms with Gasteiger partial charge in [-0.25, -0.2) is 8.42 Å². The summed E-state index contributed by atoms with van der Waals surface area (Å²) in [6.07, 6.45) is 2.49. The number of sulfone groups is 1. The molecule has 2 aliphatic heterocycles. The largest absolute Gasteiger partial charge is 0.490 e. The van der Waals surface area contributed by atoms with Gasteiger partial charge in [0.25, 0.3) is 5.91 Å². The SMILES string of the molecule is CCOc1cc(/C=C2\C(=N)N3N=C(S(C)(=O)=O)SC3=NC2=O)ccc1OCCOc1ccccc1. The van der Waals surface area contributed by atoms with Crippen LogP contribution in [0.1, 0.15) is 12.5 Å². The summed E-state index contributed by atoms with van der Waals surface area (Å²) in [7, 11) is -3.60. The van der Waals surface area contributed by atoms with Gasteiger partial charge in [0.1, 0.15) is 19.0 Å². The van der Waals surface area contributed by atoms with E-state index in [9.17, 15) is 13.2 Å². The lowest BCUT2D eigenvalue weighted by molar-refractivity contribution is -0.114. The second-order valence-corrected chi connectivity index (χ2v) is 10.5. The van der Waals surface area contributed by atoms with Gasteiger partial charge in [0.15, 0.2) is 17.3 Å². The number of hydrogen-bond acceptors (Lipinski definition) is 9. The van der Waals surface area contributed by atoms with Gasteiger partial charge in [-0.05, 0) is 54.6 Å². The molecule has 0 bridgehead atoms. The molecule has 0 saturated heterocycles. The number of ether oxygens (including phenoxy) is 3. The van der Waals surface area contributed by atoms with Crippen molar-refractivity contribution in [1.82, 2.24) is 5.01 Å². The standard InChI is InChI=1S/C23H22N4O6S2/c1-3-31-19-14-15(9-10-18(19)33-12-11-32-16-7-5-4-6-8-16)13-17-20(24)27-22(25-21(17)28)34-23(26-27)35(2,29)30/h4-10,13-14,24H,3,11-12H2,1-2H3/b17-13+,24-20?. The van der Waals surface area contributed by atoms with Crippen molar-refractivity contribution in [1.29, 1.82) is 5.41 Å². The quantitative estimate of drug-likeness (QED) is 0.420. The molecule has 2 aliphatic rings. The Morgan fingerprint density at radius 1 is 1.06 bits per heavy atom. The van der Waals surface area contributed by atoms with Crippen LogP contribution in [-0.2, 0) is 14.6 Å². The number of aliphatic imine (C=N–C) groups is 1. The highest BCUT2D eigenvalue weighted by Gasteiger charge is 2.38. The van der Waals surface area contributed by atoms with Gasteiger partial charge in [-0.15, -0.1) is 5.10 Å². The molecule has 0 atom stereocenters. The number of rotatable bonds is 8. The second kappa shape index (κ2) is 10.3. The first kappa shape index (κ1) is 24.5. The molecule has 1 amide bonds. The molecule has 0 fully saturated rings. The molecule has 0 spiro atoms. The Morgan fingerprint density at radius 3 is 2.51 bits per heavy atom. The molecule has 0 aliphatic carbocycles. The number of nitrogens with one attached hydrogen (secondary N) is 1. The molecule has 2 aromatic rings. The minimum absolute atomic E-state index is 0.0276. The van der Waals surface area contributed by atoms with E-state index in [1.165, 1.54) is 6.08 Å². The van der Waals surface area contributed by atoms with Crippen molar-refractivity contribution in [2.45, 2.75) is 6.92 Å². The number of hydrazone groups is 1. The molecule has 12 heteroatoms. The number of amidine groups is 2. The Kier molecular flexibility index (Phi) is 7.22. The maximum absolute atomic E-state index is 12.6. The van der Waals surface area contributed by atoms with Crippen molar-refractivity contribution in [3.05, 3.63) is 59.7 Å². The van der Waals surface area contributed by atoms with Gasteiger partial charge in [0.05, 0.1) is 12.2 Å². The number of benzene rings is 2. The Balaban J connectivity index is 1.50. The van der Waals surface area contributed by atoms with Gasteiger partial charge < -0.3 is 14.2 Å². The van der Waals surface area contributed by atoms with Crippen molar-refractivity contribution in [3.8, 4) is 17.2 Å². The second-order valence-electron chi connectivity index (χ2n) is 7.31. The zero-order valence-electron chi connectivity index (χ0n) is 18.9. The molecule has 0 saturated carbocycles. The zero-order valence-corrected chi connectivity index (χ0v) is 20.6. The normalized spacial score (nSPS) is 16.6. The van der Waals surface area contributed by atoms with E-state index < -0.39 is 15.7 Å². The highest BCUT2D eigenvalue weighted by Crippen LogP contribution is 2.32. The van der Waals surface area contributed by atoms with Crippen LogP contribution in [-0.4, -0.2) is 60.8 Å². The minimum atomic E-state index is -3.60. The van der Waals surface area contributed by atoms with Crippen LogP contribution in [0.2, 0.25) is 0 Å². The maximum atomic E-state index is 12.6. The van der Waals surface area contributed by atoms with E-state index in [1.807, 2.05) is 37.3 Å². The Hall–Kier alpha value is -3.64. The number of carbonyl (C=O) groups excluding carboxylic acids is 1. The number of para-hydroxylation sites is 1. The number of amides is 1. The summed E-state index contributed by atoms with van der Waals surface area (Å²) in [5, 5.41) is 13.4. The molecule has 2 heterocycles. The van der Waals surface area contributed by atoms with Crippen molar-refractivity contribution in [2.75, 3.05) is 26.1 Å². The van der Waals surface area contributed by atoms with E-state index in [2.05, 4.69) is 10.1 Å². The fourth-order valence-electron chi connectivity index (χ4n) is 3.12. The van der Waals surface area contributed by atoms with Crippen molar-refractivity contribution >= 4 is 49.0 Å². The fourth-order valence-corrected chi connectivity index (χ4v) is 4.81. The number of thioether (sulfide) groups is 1. The van der Waals surface area contributed by atoms with Gasteiger partial charge >= 0.3 is 0 Å². The summed E-state index contributed by atoms with van der Waals surface area (Å²) >= 11 is 0.739. The van der Waals surface area contributed by atoms with Crippen LogP contribution in [0.5, 0.6) is 17.2 Å². The summed E-state index contributed by atoms with van der Waals surface area (Å²) in [6, 6.07) is 14.5. The van der Waals surface area contributed by atoms with Crippen LogP contribution in [0.4, 0.5) is 0 Å². The van der Waals surface area contributed by atoms with Crippen LogP contribution in [0.15, 0.2) is 64.2 Å². The molecule has 182 valence electrons. The smallest absolute Gasteiger partial charge is 0.283 e. The average molecular weight is 515 g/mol. The molecule has 10 nitrogen and oxygen atoms in total. The van der Waals surface area contributed by atoms with Crippen molar-refractivity contribution in [3.63, 3.8) is 0 Å². The fraction of sp³-hybridized carbons (Fsp3) is 0.217. The number of carbonyl (C=O) groups is 1. The van der Waals surface area contributed by atoms with Gasteiger partial charge in [0, 0.05) is 6.26 Å². The molecule has 0 aromatic heterocycles. The van der Waals surface area contributed by atoms with E-state index >= 15 is 0 Å². The summed E-state index contributed by atoms with van der Waals surface area (Å²) in [4.78, 5) is 16.5. The molecular weight excluding hydrogens is 492 g/mol. The Bertz CT molecular complexity index is 1350. The van der Waals surface area contributed by atoms with Crippen molar-refractivity contribution < 1.29 is 27.4 Å². The maximum Gasteiger partial charge on any atom is 0.283 e. The number of hydrogen-bond donors (Lipinski definition) is 1. The van der Waals surface area contributed by atoms with Crippen LogP contribution < -0.4 is 14.2 Å². The van der Waals surface area contributed by atoms with Crippen LogP contribution >= 0.6 is 11.8 Å². The summed E-state index contributed by atoms with van der Waals surface area (Å²) in [6.45, 7) is 2.88. The third-order valence-corrected chi connectivity index (χ3v) is 7.26. The first-order valence-electron chi connectivity index (χ1n) is 10.5. The Morgan fingerprint density at radius 2 is 1.80 bits per heavy atom. The number of nitrogens with zero attached hydrogens (tertiary/aromatic N) is 3. The van der Waals surface area contributed by atoms with E-state index in [4.69, 9.17) is 19.6 Å². The number of fused-ring (bicyclic) bond motifs is 1. The predicted molar refractivity (Wildman–Crippen MR) is 135 cm³/mol. The predicted octanol–water partition coefficient (Wildman–Crippen LogP) is 3.16. The molecule has 0 radical (unpaired) electrons. The summed E-state index contributed by atoms with van der Waals surface area (Å²) in [5.74, 6) is 0.805. The van der Waals surface area contributed by atoms with E-state index in [1.54, 1.807) is 18.2 Å². The molecule has 35 heavy (non-hydrogen) atoms. The summed E-state index contributed by atoms with van der Waals surface area (Å²) < 4.78 is 40.5. The molecule has 0 unspecified atom stereocenters. The Labute approximate surface area is 206 Å². The van der Waals surface area contributed by atoms with E-state index in [0.717, 1.165) is 28.8 Å². The van der Waals surface area contributed by atoms with Gasteiger partial charge in [0.2, 0.25) is 19.4 Å². The van der Waals surface area contributed by atoms with Crippen LogP contribution in [0, 0.1) is 5.41 Å². The van der Waals surface area contributed by atoms with Gasteiger partial charge in [-0.2, -0.15) is 10.0 Å². The first-order chi connectivity index (χ1) is 16.8. The van der Waals surface area contributed by atoms with E-state index in [-0.39, 0.29) is 21.0 Å². The van der Waals surface area contributed by atoms with Crippen LogP contribution in [0.25, 0.3) is 6.08 Å².